The molecule has 0 saturated carbocycles. The summed E-state index contributed by atoms with van der Waals surface area (Å²) in [6, 6.07) is 11.7. The SMILES string of the molecule is CC(C)(C)c1nc(N)cc(OC/C=C/c2ccccc2)n1. The first kappa shape index (κ1) is 15.0. The lowest BCUT2D eigenvalue weighted by Gasteiger charge is -2.17. The van der Waals surface area contributed by atoms with Crippen molar-refractivity contribution in [3.05, 3.63) is 53.9 Å². The molecule has 1 aromatic heterocycles. The molecule has 4 nitrogen and oxygen atoms in total. The number of nitrogens with zero attached hydrogens (tertiary/aromatic N) is 2. The summed E-state index contributed by atoms with van der Waals surface area (Å²) < 4.78 is 5.63. The molecule has 4 heteroatoms. The molecule has 0 spiro atoms. The molecule has 0 saturated heterocycles. The molecule has 2 N–H and O–H groups in total. The van der Waals surface area contributed by atoms with Crippen molar-refractivity contribution < 1.29 is 4.74 Å². The van der Waals surface area contributed by atoms with Gasteiger partial charge < -0.3 is 10.5 Å². The third-order valence-corrected chi connectivity index (χ3v) is 2.83. The summed E-state index contributed by atoms with van der Waals surface area (Å²) >= 11 is 0. The van der Waals surface area contributed by atoms with Gasteiger partial charge in [0.05, 0.1) is 0 Å². The van der Waals surface area contributed by atoms with Gasteiger partial charge in [0.25, 0.3) is 0 Å². The van der Waals surface area contributed by atoms with Gasteiger partial charge in [0.15, 0.2) is 0 Å². The van der Waals surface area contributed by atoms with E-state index in [1.165, 1.54) is 0 Å². The normalized spacial score (nSPS) is 11.8. The van der Waals surface area contributed by atoms with E-state index < -0.39 is 0 Å². The van der Waals surface area contributed by atoms with Crippen LogP contribution in [0.2, 0.25) is 0 Å². The van der Waals surface area contributed by atoms with Gasteiger partial charge in [0, 0.05) is 11.5 Å². The Morgan fingerprint density at radius 1 is 1.14 bits per heavy atom. The molecule has 0 aliphatic rings. The van der Waals surface area contributed by atoms with Crippen molar-refractivity contribution >= 4 is 11.9 Å². The fraction of sp³-hybridized carbons (Fsp3) is 0.294. The van der Waals surface area contributed by atoms with Crippen molar-refractivity contribution in [1.29, 1.82) is 0 Å². The van der Waals surface area contributed by atoms with Gasteiger partial charge in [0.1, 0.15) is 18.2 Å². The van der Waals surface area contributed by atoms with Gasteiger partial charge in [0.2, 0.25) is 5.88 Å². The van der Waals surface area contributed by atoms with Crippen molar-refractivity contribution in [2.24, 2.45) is 0 Å². The second-order valence-electron chi connectivity index (χ2n) is 5.83. The Morgan fingerprint density at radius 2 is 1.86 bits per heavy atom. The molecular weight excluding hydrogens is 262 g/mol. The predicted octanol–water partition coefficient (Wildman–Crippen LogP) is 3.45. The van der Waals surface area contributed by atoms with Crippen LogP contribution in [0.15, 0.2) is 42.5 Å². The fourth-order valence-corrected chi connectivity index (χ4v) is 1.73. The number of anilines is 1. The number of hydrogen-bond acceptors (Lipinski definition) is 4. The lowest BCUT2D eigenvalue weighted by molar-refractivity contribution is 0.343. The van der Waals surface area contributed by atoms with Gasteiger partial charge in [-0.2, -0.15) is 4.98 Å². The molecule has 0 aliphatic heterocycles. The Hall–Kier alpha value is -2.36. The van der Waals surface area contributed by atoms with E-state index in [0.717, 1.165) is 5.56 Å². The number of nitrogen functional groups attached to an aromatic ring is 1. The minimum Gasteiger partial charge on any atom is -0.473 e. The zero-order valence-electron chi connectivity index (χ0n) is 12.7. The van der Waals surface area contributed by atoms with Crippen LogP contribution in [0.5, 0.6) is 5.88 Å². The highest BCUT2D eigenvalue weighted by Crippen LogP contribution is 2.22. The van der Waals surface area contributed by atoms with Gasteiger partial charge in [-0.3, -0.25) is 0 Å². The highest BCUT2D eigenvalue weighted by Gasteiger charge is 2.18. The van der Waals surface area contributed by atoms with Gasteiger partial charge in [-0.15, -0.1) is 0 Å². The van der Waals surface area contributed by atoms with Crippen molar-refractivity contribution in [2.75, 3.05) is 12.3 Å². The smallest absolute Gasteiger partial charge is 0.219 e. The van der Waals surface area contributed by atoms with Crippen molar-refractivity contribution in [1.82, 2.24) is 9.97 Å². The number of ether oxygens (including phenoxy) is 1. The highest BCUT2D eigenvalue weighted by atomic mass is 16.5. The summed E-state index contributed by atoms with van der Waals surface area (Å²) in [6.07, 6.45) is 3.96. The second-order valence-corrected chi connectivity index (χ2v) is 5.83. The molecule has 0 amide bonds. The maximum absolute atomic E-state index is 5.80. The van der Waals surface area contributed by atoms with Crippen LogP contribution in [0.25, 0.3) is 6.08 Å². The highest BCUT2D eigenvalue weighted by molar-refractivity contribution is 5.48. The van der Waals surface area contributed by atoms with Crippen LogP contribution in [-0.2, 0) is 5.41 Å². The lowest BCUT2D eigenvalue weighted by atomic mass is 9.96. The predicted molar refractivity (Wildman–Crippen MR) is 86.1 cm³/mol. The molecule has 0 radical (unpaired) electrons. The summed E-state index contributed by atoms with van der Waals surface area (Å²) in [5, 5.41) is 0. The standard InChI is InChI=1S/C17H21N3O/c1-17(2,3)16-19-14(18)12-15(20-16)21-11-7-10-13-8-5-4-6-9-13/h4-10,12H,11H2,1-3H3,(H2,18,19,20)/b10-7+. The third kappa shape index (κ3) is 4.60. The van der Waals surface area contributed by atoms with E-state index in [2.05, 4.69) is 9.97 Å². The number of hydrogen-bond donors (Lipinski definition) is 1. The molecule has 0 atom stereocenters. The second kappa shape index (κ2) is 6.39. The zero-order chi connectivity index (χ0) is 15.3. The quantitative estimate of drug-likeness (QED) is 0.933. The molecule has 110 valence electrons. The summed E-state index contributed by atoms with van der Waals surface area (Å²) in [6.45, 7) is 6.57. The van der Waals surface area contributed by atoms with Crippen LogP contribution in [0.4, 0.5) is 5.82 Å². The first-order valence-electron chi connectivity index (χ1n) is 6.94. The summed E-state index contributed by atoms with van der Waals surface area (Å²) in [5.74, 6) is 1.62. The van der Waals surface area contributed by atoms with E-state index in [0.29, 0.717) is 24.1 Å². The molecule has 0 fully saturated rings. The van der Waals surface area contributed by atoms with Gasteiger partial charge in [-0.25, -0.2) is 4.98 Å². The molecular formula is C17H21N3O. The van der Waals surface area contributed by atoms with Crippen molar-refractivity contribution in [3.63, 3.8) is 0 Å². The summed E-state index contributed by atoms with van der Waals surface area (Å²) in [5.41, 5.74) is 6.78. The maximum Gasteiger partial charge on any atom is 0.219 e. The van der Waals surface area contributed by atoms with Crippen LogP contribution < -0.4 is 10.5 Å². The molecule has 1 heterocycles. The van der Waals surface area contributed by atoms with E-state index in [1.807, 2.05) is 63.3 Å². The van der Waals surface area contributed by atoms with Gasteiger partial charge >= 0.3 is 0 Å². The molecule has 0 bridgehead atoms. The number of rotatable bonds is 4. The number of nitrogens with two attached hydrogens (primary N) is 1. The average Bonchev–Trinajstić information content (AvgIpc) is 2.43. The number of aromatic nitrogens is 2. The molecule has 2 rings (SSSR count). The topological polar surface area (TPSA) is 61.0 Å². The summed E-state index contributed by atoms with van der Waals surface area (Å²) in [7, 11) is 0. The Balaban J connectivity index is 2.00. The van der Waals surface area contributed by atoms with Crippen LogP contribution in [-0.4, -0.2) is 16.6 Å². The Kier molecular flexibility index (Phi) is 4.58. The van der Waals surface area contributed by atoms with Crippen LogP contribution in [0.1, 0.15) is 32.2 Å². The number of benzene rings is 1. The molecule has 0 aliphatic carbocycles. The van der Waals surface area contributed by atoms with E-state index >= 15 is 0 Å². The minimum absolute atomic E-state index is 0.159. The summed E-state index contributed by atoms with van der Waals surface area (Å²) in [4.78, 5) is 8.65. The van der Waals surface area contributed by atoms with E-state index in [1.54, 1.807) is 6.07 Å². The van der Waals surface area contributed by atoms with E-state index in [-0.39, 0.29) is 5.41 Å². The first-order chi connectivity index (χ1) is 9.95. The Bertz CT molecular complexity index is 616. The van der Waals surface area contributed by atoms with Crippen LogP contribution in [0, 0.1) is 0 Å². The third-order valence-electron chi connectivity index (χ3n) is 2.83. The van der Waals surface area contributed by atoms with Crippen LogP contribution in [0.3, 0.4) is 0 Å². The van der Waals surface area contributed by atoms with Gasteiger partial charge in [-0.05, 0) is 11.6 Å². The maximum atomic E-state index is 5.80. The monoisotopic (exact) mass is 283 g/mol. The van der Waals surface area contributed by atoms with E-state index in [4.69, 9.17) is 10.5 Å². The van der Waals surface area contributed by atoms with Crippen LogP contribution >= 0.6 is 0 Å². The molecule has 2 aromatic rings. The molecule has 0 unspecified atom stereocenters. The largest absolute Gasteiger partial charge is 0.473 e. The van der Waals surface area contributed by atoms with Gasteiger partial charge in [-0.1, -0.05) is 57.2 Å². The first-order valence-corrected chi connectivity index (χ1v) is 6.94. The fourth-order valence-electron chi connectivity index (χ4n) is 1.73. The molecule has 1 aromatic carbocycles. The Morgan fingerprint density at radius 3 is 2.52 bits per heavy atom. The lowest BCUT2D eigenvalue weighted by Crippen LogP contribution is -2.17. The average molecular weight is 283 g/mol. The minimum atomic E-state index is -0.159. The van der Waals surface area contributed by atoms with Crippen molar-refractivity contribution in [2.45, 2.75) is 26.2 Å². The zero-order valence-corrected chi connectivity index (χ0v) is 12.7. The van der Waals surface area contributed by atoms with Crippen molar-refractivity contribution in [3.8, 4) is 5.88 Å². The molecule has 21 heavy (non-hydrogen) atoms. The Labute approximate surface area is 125 Å². The van der Waals surface area contributed by atoms with E-state index in [9.17, 15) is 0 Å².